The fraction of sp³-hybridized carbons (Fsp3) is 1.00. The van der Waals surface area contributed by atoms with Gasteiger partial charge in [-0.3, -0.25) is 0 Å². The Hall–Kier alpha value is -0.200. The van der Waals surface area contributed by atoms with Crippen molar-refractivity contribution in [2.24, 2.45) is 5.73 Å². The molecule has 0 spiro atoms. The van der Waals surface area contributed by atoms with Crippen LogP contribution in [0.2, 0.25) is 0 Å². The largest absolute Gasteiger partial charge is 0.390 e. The minimum Gasteiger partial charge on any atom is -0.390 e. The van der Waals surface area contributed by atoms with Gasteiger partial charge in [0.15, 0.2) is 5.54 Å². The Morgan fingerprint density at radius 1 is 1.08 bits per heavy atom. The van der Waals surface area contributed by atoms with Crippen molar-refractivity contribution < 1.29 is 19.8 Å². The smallest absolute Gasteiger partial charge is 0.169 e. The second-order valence-corrected chi connectivity index (χ2v) is 3.90. The lowest BCUT2D eigenvalue weighted by atomic mass is 9.98. The number of aliphatic hydroxyl groups is 3. The monoisotopic (exact) mass is 193 g/mol. The minimum atomic E-state index is -0.903. The van der Waals surface area contributed by atoms with E-state index in [0.717, 1.165) is 0 Å². The highest BCUT2D eigenvalue weighted by atomic mass is 16.3. The Balaban J connectivity index is 4.68. The van der Waals surface area contributed by atoms with Crippen molar-refractivity contribution in [3.63, 3.8) is 0 Å². The van der Waals surface area contributed by atoms with Crippen LogP contribution < -0.4 is 5.73 Å². The normalized spacial score (nSPS) is 13.4. The Kier molecular flexibility index (Phi) is 4.80. The van der Waals surface area contributed by atoms with Crippen LogP contribution in [0.25, 0.3) is 0 Å². The summed E-state index contributed by atoms with van der Waals surface area (Å²) in [4.78, 5) is 0. The predicted octanol–water partition coefficient (Wildman–Crippen LogP) is -2.26. The van der Waals surface area contributed by atoms with Gasteiger partial charge in [0.25, 0.3) is 0 Å². The van der Waals surface area contributed by atoms with Gasteiger partial charge in [-0.05, 0) is 0 Å². The van der Waals surface area contributed by atoms with E-state index in [-0.39, 0.29) is 19.8 Å². The first-order valence-electron chi connectivity index (χ1n) is 4.35. The molecule has 0 aromatic heterocycles. The molecule has 0 aliphatic heterocycles. The Morgan fingerprint density at radius 2 is 1.46 bits per heavy atom. The van der Waals surface area contributed by atoms with E-state index < -0.39 is 5.54 Å². The van der Waals surface area contributed by atoms with Crippen LogP contribution in [0, 0.1) is 0 Å². The van der Waals surface area contributed by atoms with E-state index in [2.05, 4.69) is 0 Å². The van der Waals surface area contributed by atoms with E-state index in [1.807, 2.05) is 14.1 Å². The average molecular weight is 193 g/mol. The zero-order valence-corrected chi connectivity index (χ0v) is 8.40. The molecule has 0 aromatic rings. The summed E-state index contributed by atoms with van der Waals surface area (Å²) >= 11 is 0. The summed E-state index contributed by atoms with van der Waals surface area (Å²) in [6.45, 7) is 0.281. The number of nitrogens with two attached hydrogens (primary N) is 1. The lowest BCUT2D eigenvalue weighted by molar-refractivity contribution is -0.942. The van der Waals surface area contributed by atoms with Crippen LogP contribution in [0.5, 0.6) is 0 Å². The topological polar surface area (TPSA) is 86.7 Å². The molecular weight excluding hydrogens is 172 g/mol. The molecule has 13 heavy (non-hydrogen) atoms. The molecule has 0 amide bonds. The molecule has 0 aliphatic carbocycles. The third-order valence-corrected chi connectivity index (χ3v) is 2.86. The van der Waals surface area contributed by atoms with Crippen molar-refractivity contribution in [1.29, 1.82) is 0 Å². The van der Waals surface area contributed by atoms with E-state index >= 15 is 0 Å². The molecule has 0 rings (SSSR count). The van der Waals surface area contributed by atoms with Gasteiger partial charge in [0.1, 0.15) is 19.8 Å². The van der Waals surface area contributed by atoms with Crippen LogP contribution >= 0.6 is 0 Å². The number of likely N-dealkylation sites (N-methyl/N-ethyl adjacent to an activating group) is 1. The van der Waals surface area contributed by atoms with Crippen LogP contribution in [-0.2, 0) is 0 Å². The summed E-state index contributed by atoms with van der Waals surface area (Å²) in [5.74, 6) is 0. The highest BCUT2D eigenvalue weighted by Crippen LogP contribution is 2.19. The van der Waals surface area contributed by atoms with Gasteiger partial charge in [-0.1, -0.05) is 0 Å². The van der Waals surface area contributed by atoms with Crippen molar-refractivity contribution in [2.75, 3.05) is 47.0 Å². The van der Waals surface area contributed by atoms with Gasteiger partial charge in [0, 0.05) is 6.54 Å². The van der Waals surface area contributed by atoms with Gasteiger partial charge in [-0.15, -0.1) is 0 Å². The zero-order chi connectivity index (χ0) is 10.5. The number of nitrogens with zero attached hydrogens (tertiary/aromatic N) is 1. The molecule has 0 aliphatic rings. The number of hydrogen-bond donors (Lipinski definition) is 4. The molecule has 0 bridgehead atoms. The van der Waals surface area contributed by atoms with Crippen molar-refractivity contribution in [1.82, 2.24) is 0 Å². The maximum Gasteiger partial charge on any atom is 0.169 e. The van der Waals surface area contributed by atoms with Gasteiger partial charge < -0.3 is 25.5 Å². The van der Waals surface area contributed by atoms with Crippen LogP contribution in [0.1, 0.15) is 0 Å². The molecule has 0 fully saturated rings. The minimum absolute atomic E-state index is 0.257. The van der Waals surface area contributed by atoms with E-state index in [4.69, 9.17) is 21.1 Å². The van der Waals surface area contributed by atoms with Crippen molar-refractivity contribution in [2.45, 2.75) is 5.54 Å². The molecule has 0 heterocycles. The number of rotatable bonds is 6. The first kappa shape index (κ1) is 12.8. The van der Waals surface area contributed by atoms with Gasteiger partial charge in [0.2, 0.25) is 0 Å². The van der Waals surface area contributed by atoms with E-state index in [0.29, 0.717) is 17.6 Å². The van der Waals surface area contributed by atoms with Crippen molar-refractivity contribution in [3.8, 4) is 0 Å². The van der Waals surface area contributed by atoms with Crippen LogP contribution in [-0.4, -0.2) is 72.3 Å². The van der Waals surface area contributed by atoms with Gasteiger partial charge in [0.05, 0.1) is 20.6 Å². The molecule has 0 atom stereocenters. The van der Waals surface area contributed by atoms with Crippen LogP contribution in [0.4, 0.5) is 0 Å². The molecule has 5 heteroatoms. The predicted molar refractivity (Wildman–Crippen MR) is 50.0 cm³/mol. The van der Waals surface area contributed by atoms with Crippen molar-refractivity contribution in [3.05, 3.63) is 0 Å². The molecule has 0 aromatic carbocycles. The third kappa shape index (κ3) is 2.38. The third-order valence-electron chi connectivity index (χ3n) is 2.86. The highest BCUT2D eigenvalue weighted by molar-refractivity contribution is 4.78. The average Bonchev–Trinajstić information content (AvgIpc) is 2.07. The summed E-state index contributed by atoms with van der Waals surface area (Å²) in [6, 6.07) is 0. The van der Waals surface area contributed by atoms with E-state index in [9.17, 15) is 0 Å². The first-order valence-corrected chi connectivity index (χ1v) is 4.35. The van der Waals surface area contributed by atoms with E-state index in [1.165, 1.54) is 0 Å². The lowest BCUT2D eigenvalue weighted by Gasteiger charge is -2.45. The summed E-state index contributed by atoms with van der Waals surface area (Å²) in [5.41, 5.74) is 4.51. The summed E-state index contributed by atoms with van der Waals surface area (Å²) in [6.07, 6.45) is 0. The lowest BCUT2D eigenvalue weighted by Crippen LogP contribution is -2.67. The maximum absolute atomic E-state index is 9.16. The second-order valence-electron chi connectivity index (χ2n) is 3.90. The molecule has 0 unspecified atom stereocenters. The summed E-state index contributed by atoms with van der Waals surface area (Å²) < 4.78 is 0.312. The van der Waals surface area contributed by atoms with Crippen LogP contribution in [0.3, 0.4) is 0 Å². The molecule has 0 saturated carbocycles. The quantitative estimate of drug-likeness (QED) is 0.359. The molecule has 5 nitrogen and oxygen atoms in total. The Morgan fingerprint density at radius 3 is 1.69 bits per heavy atom. The second kappa shape index (κ2) is 4.88. The number of aliphatic hydroxyl groups excluding tert-OH is 3. The number of quaternary nitrogens is 1. The zero-order valence-electron chi connectivity index (χ0n) is 8.40. The van der Waals surface area contributed by atoms with E-state index in [1.54, 1.807) is 0 Å². The standard InChI is InChI=1S/C8H21N2O3/c1-10(2,4-3-9)8(5-11,6-12)7-13/h11-13H,3-7,9H2,1-2H3/q+1. The van der Waals surface area contributed by atoms with Gasteiger partial charge in [-0.2, -0.15) is 0 Å². The number of hydrogen-bond acceptors (Lipinski definition) is 4. The fourth-order valence-corrected chi connectivity index (χ4v) is 1.28. The maximum atomic E-state index is 9.16. The summed E-state index contributed by atoms with van der Waals surface area (Å²) in [5, 5.41) is 27.5. The molecular formula is C8H21N2O3+. The first-order chi connectivity index (χ1) is 5.99. The SMILES string of the molecule is C[N+](C)(CCN)C(CO)(CO)CO. The highest BCUT2D eigenvalue weighted by Gasteiger charge is 2.43. The molecule has 80 valence electrons. The summed E-state index contributed by atoms with van der Waals surface area (Å²) in [7, 11) is 3.66. The fourth-order valence-electron chi connectivity index (χ4n) is 1.28. The van der Waals surface area contributed by atoms with Gasteiger partial charge in [-0.25, -0.2) is 0 Å². The van der Waals surface area contributed by atoms with Crippen molar-refractivity contribution >= 4 is 0 Å². The Bertz CT molecular complexity index is 138. The molecule has 0 saturated heterocycles. The molecule has 5 N–H and O–H groups in total. The van der Waals surface area contributed by atoms with Crippen LogP contribution in [0.15, 0.2) is 0 Å². The Labute approximate surface area is 79.0 Å². The van der Waals surface area contributed by atoms with Gasteiger partial charge >= 0.3 is 0 Å². The molecule has 0 radical (unpaired) electrons.